The van der Waals surface area contributed by atoms with Crippen molar-refractivity contribution in [1.29, 1.82) is 0 Å². The number of halogens is 1. The summed E-state index contributed by atoms with van der Waals surface area (Å²) in [5.41, 5.74) is 6.51. The van der Waals surface area contributed by atoms with Crippen LogP contribution in [0.25, 0.3) is 0 Å². The summed E-state index contributed by atoms with van der Waals surface area (Å²) in [6, 6.07) is 2.54. The molecule has 0 aromatic carbocycles. The van der Waals surface area contributed by atoms with E-state index in [4.69, 9.17) is 5.73 Å². The second-order valence-corrected chi connectivity index (χ2v) is 6.75. The molecule has 15 heavy (non-hydrogen) atoms. The van der Waals surface area contributed by atoms with E-state index < -0.39 is 0 Å². The van der Waals surface area contributed by atoms with Gasteiger partial charge in [0.1, 0.15) is 0 Å². The minimum atomic E-state index is -0.285. The van der Waals surface area contributed by atoms with Crippen LogP contribution in [0.5, 0.6) is 0 Å². The summed E-state index contributed by atoms with van der Waals surface area (Å²) in [5.74, 6) is -0.285. The number of nitrogens with one attached hydrogen (secondary N) is 1. The Hall–Kier alpha value is -0.140. The van der Waals surface area contributed by atoms with Crippen LogP contribution in [0.15, 0.2) is 6.07 Å². The zero-order valence-corrected chi connectivity index (χ0v) is 11.2. The van der Waals surface area contributed by atoms with Crippen LogP contribution < -0.4 is 11.1 Å². The highest BCUT2D eigenvalue weighted by Gasteiger charge is 2.22. The van der Waals surface area contributed by atoms with E-state index in [1.54, 1.807) is 0 Å². The minimum Gasteiger partial charge on any atom is -0.369 e. The van der Waals surface area contributed by atoms with Crippen LogP contribution in [0.2, 0.25) is 0 Å². The number of hydrogen-bond donors (Lipinski definition) is 2. The molecule has 0 fully saturated rings. The summed E-state index contributed by atoms with van der Waals surface area (Å²) in [6.07, 6.45) is 3.48. The second-order valence-electron chi connectivity index (χ2n) is 3.72. The number of rotatable bonds is 3. The third-order valence-corrected chi connectivity index (χ3v) is 4.58. The van der Waals surface area contributed by atoms with Crippen molar-refractivity contribution >= 4 is 39.8 Å². The van der Waals surface area contributed by atoms with Crippen molar-refractivity contribution in [2.24, 2.45) is 5.73 Å². The van der Waals surface area contributed by atoms with Gasteiger partial charge in [-0.25, -0.2) is 0 Å². The maximum absolute atomic E-state index is 10.7. The number of primary amides is 1. The standard InChI is InChI=1S/C10H13IN2OS/c11-9-4-6-7(13-5-10(12)14)2-1-3-8(6)15-9/h4,7,13H,1-3,5H2,(H2,12,14). The van der Waals surface area contributed by atoms with Crippen LogP contribution in [-0.2, 0) is 11.2 Å². The number of hydrogen-bond acceptors (Lipinski definition) is 3. The number of carbonyl (C=O) groups excluding carboxylic acids is 1. The quantitative estimate of drug-likeness (QED) is 0.827. The number of nitrogens with two attached hydrogens (primary N) is 1. The first-order valence-electron chi connectivity index (χ1n) is 4.96. The van der Waals surface area contributed by atoms with Crippen molar-refractivity contribution in [1.82, 2.24) is 5.32 Å². The summed E-state index contributed by atoms with van der Waals surface area (Å²) in [7, 11) is 0. The van der Waals surface area contributed by atoms with E-state index >= 15 is 0 Å². The number of amides is 1. The fourth-order valence-electron chi connectivity index (χ4n) is 1.96. The molecule has 2 rings (SSSR count). The normalized spacial score (nSPS) is 19.9. The fourth-order valence-corrected chi connectivity index (χ4v) is 4.08. The van der Waals surface area contributed by atoms with E-state index in [0.717, 1.165) is 6.42 Å². The lowest BCUT2D eigenvalue weighted by Gasteiger charge is -2.22. The van der Waals surface area contributed by atoms with Crippen molar-refractivity contribution in [2.45, 2.75) is 25.3 Å². The highest BCUT2D eigenvalue weighted by molar-refractivity contribution is 14.1. The van der Waals surface area contributed by atoms with Gasteiger partial charge in [0.2, 0.25) is 5.91 Å². The Labute approximate surface area is 107 Å². The van der Waals surface area contributed by atoms with E-state index in [-0.39, 0.29) is 12.5 Å². The molecule has 1 aromatic heterocycles. The van der Waals surface area contributed by atoms with Crippen molar-refractivity contribution in [3.05, 3.63) is 19.4 Å². The Morgan fingerprint density at radius 1 is 1.73 bits per heavy atom. The molecule has 1 atom stereocenters. The second kappa shape index (κ2) is 4.80. The molecule has 3 nitrogen and oxygen atoms in total. The summed E-state index contributed by atoms with van der Waals surface area (Å²) in [6.45, 7) is 0.274. The van der Waals surface area contributed by atoms with Gasteiger partial charge in [0.05, 0.1) is 9.43 Å². The highest BCUT2D eigenvalue weighted by atomic mass is 127. The number of fused-ring (bicyclic) bond motifs is 1. The topological polar surface area (TPSA) is 55.1 Å². The monoisotopic (exact) mass is 336 g/mol. The average Bonchev–Trinajstić information content (AvgIpc) is 2.55. The summed E-state index contributed by atoms with van der Waals surface area (Å²) < 4.78 is 1.32. The van der Waals surface area contributed by atoms with Crippen LogP contribution in [0, 0.1) is 2.88 Å². The Balaban J connectivity index is 2.11. The molecule has 0 aliphatic heterocycles. The maximum Gasteiger partial charge on any atom is 0.231 e. The molecule has 1 amide bonds. The van der Waals surface area contributed by atoms with E-state index in [2.05, 4.69) is 34.0 Å². The molecule has 1 heterocycles. The molecule has 1 unspecified atom stereocenters. The molecule has 0 saturated carbocycles. The SMILES string of the molecule is NC(=O)CNC1CCCc2sc(I)cc21. The van der Waals surface area contributed by atoms with Gasteiger partial charge in [-0.05, 0) is 53.5 Å². The van der Waals surface area contributed by atoms with Crippen LogP contribution in [0.4, 0.5) is 0 Å². The number of carbonyl (C=O) groups is 1. The van der Waals surface area contributed by atoms with Crippen LogP contribution >= 0.6 is 33.9 Å². The Morgan fingerprint density at radius 2 is 2.53 bits per heavy atom. The average molecular weight is 336 g/mol. The van der Waals surface area contributed by atoms with Crippen molar-refractivity contribution in [3.8, 4) is 0 Å². The van der Waals surface area contributed by atoms with Gasteiger partial charge in [0.25, 0.3) is 0 Å². The van der Waals surface area contributed by atoms with Crippen molar-refractivity contribution < 1.29 is 4.79 Å². The van der Waals surface area contributed by atoms with Gasteiger partial charge < -0.3 is 11.1 Å². The third-order valence-electron chi connectivity index (χ3n) is 2.61. The molecular formula is C10H13IN2OS. The molecular weight excluding hydrogens is 323 g/mol. The van der Waals surface area contributed by atoms with Crippen LogP contribution in [0.3, 0.4) is 0 Å². The highest BCUT2D eigenvalue weighted by Crippen LogP contribution is 2.36. The van der Waals surface area contributed by atoms with Crippen LogP contribution in [0.1, 0.15) is 29.3 Å². The number of aryl methyl sites for hydroxylation is 1. The maximum atomic E-state index is 10.7. The molecule has 5 heteroatoms. The molecule has 1 aromatic rings. The first-order chi connectivity index (χ1) is 7.16. The van der Waals surface area contributed by atoms with Gasteiger partial charge >= 0.3 is 0 Å². The van der Waals surface area contributed by atoms with Crippen molar-refractivity contribution in [3.63, 3.8) is 0 Å². The van der Waals surface area contributed by atoms with Gasteiger partial charge in [-0.1, -0.05) is 0 Å². The zero-order valence-electron chi connectivity index (χ0n) is 8.25. The molecule has 0 radical (unpaired) electrons. The van der Waals surface area contributed by atoms with Gasteiger partial charge in [-0.3, -0.25) is 4.79 Å². The first kappa shape index (κ1) is 11.3. The fraction of sp³-hybridized carbons (Fsp3) is 0.500. The molecule has 1 aliphatic rings. The smallest absolute Gasteiger partial charge is 0.231 e. The van der Waals surface area contributed by atoms with Crippen molar-refractivity contribution in [2.75, 3.05) is 6.54 Å². The Kier molecular flexibility index (Phi) is 3.63. The molecule has 0 bridgehead atoms. The molecule has 0 saturated heterocycles. The molecule has 0 spiro atoms. The third kappa shape index (κ3) is 2.70. The molecule has 3 N–H and O–H groups in total. The van der Waals surface area contributed by atoms with Gasteiger partial charge in [-0.2, -0.15) is 0 Å². The molecule has 1 aliphatic carbocycles. The zero-order chi connectivity index (χ0) is 10.8. The largest absolute Gasteiger partial charge is 0.369 e. The van der Waals surface area contributed by atoms with E-state index in [9.17, 15) is 4.79 Å². The van der Waals surface area contributed by atoms with Gasteiger partial charge in [0.15, 0.2) is 0 Å². The summed E-state index contributed by atoms with van der Waals surface area (Å²) in [5, 5.41) is 3.22. The lowest BCUT2D eigenvalue weighted by atomic mass is 9.94. The molecule has 82 valence electrons. The van der Waals surface area contributed by atoms with E-state index in [1.807, 2.05) is 11.3 Å². The van der Waals surface area contributed by atoms with Gasteiger partial charge in [-0.15, -0.1) is 11.3 Å². The van der Waals surface area contributed by atoms with E-state index in [1.165, 1.54) is 26.2 Å². The first-order valence-corrected chi connectivity index (χ1v) is 6.86. The Bertz CT molecular complexity index is 377. The van der Waals surface area contributed by atoms with E-state index in [0.29, 0.717) is 6.04 Å². The predicted octanol–water partition coefficient (Wildman–Crippen LogP) is 1.80. The summed E-state index contributed by atoms with van der Waals surface area (Å²) in [4.78, 5) is 12.2. The Morgan fingerprint density at radius 3 is 3.27 bits per heavy atom. The predicted molar refractivity (Wildman–Crippen MR) is 69.9 cm³/mol. The summed E-state index contributed by atoms with van der Waals surface area (Å²) >= 11 is 4.21. The lowest BCUT2D eigenvalue weighted by molar-refractivity contribution is -0.117. The number of thiophene rings is 1. The van der Waals surface area contributed by atoms with Crippen LogP contribution in [-0.4, -0.2) is 12.5 Å². The minimum absolute atomic E-state index is 0.274. The van der Waals surface area contributed by atoms with Gasteiger partial charge in [0, 0.05) is 10.9 Å². The lowest BCUT2D eigenvalue weighted by Crippen LogP contribution is -2.32.